The Morgan fingerprint density at radius 3 is 2.42 bits per heavy atom. The number of aryl methyl sites for hydroxylation is 1. The van der Waals surface area contributed by atoms with Crippen LogP contribution in [0.3, 0.4) is 0 Å². The molecule has 0 bridgehead atoms. The molecule has 2 rings (SSSR count). The van der Waals surface area contributed by atoms with E-state index in [0.29, 0.717) is 23.8 Å². The lowest BCUT2D eigenvalue weighted by molar-refractivity contribution is 0.0695. The molecule has 2 aromatic rings. The molecule has 4 nitrogen and oxygen atoms in total. The van der Waals surface area contributed by atoms with Gasteiger partial charge in [-0.3, -0.25) is 0 Å². The van der Waals surface area contributed by atoms with Crippen molar-refractivity contribution in [2.75, 3.05) is 0 Å². The molecule has 1 aromatic heterocycles. The summed E-state index contributed by atoms with van der Waals surface area (Å²) >= 11 is 0. The van der Waals surface area contributed by atoms with Crippen LogP contribution in [0.25, 0.3) is 11.3 Å². The second-order valence-corrected chi connectivity index (χ2v) is 4.76. The normalized spacial score (nSPS) is 10.9. The van der Waals surface area contributed by atoms with E-state index in [4.69, 9.17) is 4.52 Å². The van der Waals surface area contributed by atoms with Gasteiger partial charge in [0.15, 0.2) is 5.76 Å². The Bertz CT molecular complexity index is 582. The van der Waals surface area contributed by atoms with Gasteiger partial charge in [0.05, 0.1) is 0 Å². The Morgan fingerprint density at radius 1 is 1.32 bits per heavy atom. The number of nitrogens with zero attached hydrogens (tertiary/aromatic N) is 1. The van der Waals surface area contributed by atoms with E-state index in [1.165, 1.54) is 5.56 Å². The van der Waals surface area contributed by atoms with Crippen LogP contribution in [0.15, 0.2) is 28.8 Å². The van der Waals surface area contributed by atoms with Crippen LogP contribution in [0.5, 0.6) is 0 Å². The van der Waals surface area contributed by atoms with Gasteiger partial charge < -0.3 is 9.63 Å². The molecular formula is C15H17NO3. The largest absolute Gasteiger partial charge is 0.477 e. The summed E-state index contributed by atoms with van der Waals surface area (Å²) < 4.78 is 5.11. The maximum absolute atomic E-state index is 11.3. The van der Waals surface area contributed by atoms with Crippen molar-refractivity contribution in [1.82, 2.24) is 5.16 Å². The number of benzene rings is 1. The van der Waals surface area contributed by atoms with E-state index >= 15 is 0 Å². The monoisotopic (exact) mass is 259 g/mol. The molecule has 0 spiro atoms. The Balaban J connectivity index is 2.47. The van der Waals surface area contributed by atoms with Gasteiger partial charge in [-0.05, 0) is 11.5 Å². The zero-order valence-electron chi connectivity index (χ0n) is 11.3. The summed E-state index contributed by atoms with van der Waals surface area (Å²) in [5.41, 5.74) is 2.55. The number of hydrogen-bond acceptors (Lipinski definition) is 3. The van der Waals surface area contributed by atoms with Gasteiger partial charge in [0.1, 0.15) is 11.3 Å². The summed E-state index contributed by atoms with van der Waals surface area (Å²) in [6, 6.07) is 7.76. The number of carboxylic acids is 1. The standard InChI is InChI=1S/C15H17NO3/c1-4-12-13(15(17)18)14(16-19-12)11-7-5-10(6-8-11)9(2)3/h5-9H,4H2,1-3H3,(H,17,18). The molecule has 1 heterocycles. The van der Waals surface area contributed by atoms with Crippen LogP contribution in [0, 0.1) is 0 Å². The molecule has 19 heavy (non-hydrogen) atoms. The molecule has 1 N–H and O–H groups in total. The number of aromatic carboxylic acids is 1. The van der Waals surface area contributed by atoms with Crippen LogP contribution in [-0.2, 0) is 6.42 Å². The summed E-state index contributed by atoms with van der Waals surface area (Å²) in [5.74, 6) is -0.145. The van der Waals surface area contributed by atoms with Crippen molar-refractivity contribution in [3.05, 3.63) is 41.2 Å². The summed E-state index contributed by atoms with van der Waals surface area (Å²) in [5, 5.41) is 13.2. The van der Waals surface area contributed by atoms with Crippen molar-refractivity contribution in [2.45, 2.75) is 33.1 Å². The number of carbonyl (C=O) groups is 1. The first-order chi connectivity index (χ1) is 9.04. The van der Waals surface area contributed by atoms with E-state index in [9.17, 15) is 9.90 Å². The molecular weight excluding hydrogens is 242 g/mol. The highest BCUT2D eigenvalue weighted by Crippen LogP contribution is 2.27. The predicted octanol–water partition coefficient (Wildman–Crippen LogP) is 3.73. The molecule has 0 radical (unpaired) electrons. The first-order valence-corrected chi connectivity index (χ1v) is 6.36. The highest BCUT2D eigenvalue weighted by Gasteiger charge is 2.22. The van der Waals surface area contributed by atoms with Crippen molar-refractivity contribution in [3.8, 4) is 11.3 Å². The topological polar surface area (TPSA) is 63.3 Å². The summed E-state index contributed by atoms with van der Waals surface area (Å²) in [6.45, 7) is 6.07. The van der Waals surface area contributed by atoms with Gasteiger partial charge in [-0.1, -0.05) is 50.2 Å². The maximum Gasteiger partial charge on any atom is 0.341 e. The molecule has 1 aromatic carbocycles. The maximum atomic E-state index is 11.3. The first-order valence-electron chi connectivity index (χ1n) is 6.36. The van der Waals surface area contributed by atoms with Gasteiger partial charge >= 0.3 is 5.97 Å². The van der Waals surface area contributed by atoms with Crippen molar-refractivity contribution in [1.29, 1.82) is 0 Å². The lowest BCUT2D eigenvalue weighted by Gasteiger charge is -2.05. The fraction of sp³-hybridized carbons (Fsp3) is 0.333. The summed E-state index contributed by atoms with van der Waals surface area (Å²) in [6.07, 6.45) is 0.513. The third-order valence-electron chi connectivity index (χ3n) is 3.15. The molecule has 0 saturated heterocycles. The van der Waals surface area contributed by atoms with Crippen molar-refractivity contribution < 1.29 is 14.4 Å². The van der Waals surface area contributed by atoms with Crippen LogP contribution in [0.1, 0.15) is 48.4 Å². The van der Waals surface area contributed by atoms with Crippen LogP contribution >= 0.6 is 0 Å². The SMILES string of the molecule is CCc1onc(-c2ccc(C(C)C)cc2)c1C(=O)O. The summed E-state index contributed by atoms with van der Waals surface area (Å²) in [4.78, 5) is 11.3. The van der Waals surface area contributed by atoms with Gasteiger partial charge in [-0.2, -0.15) is 0 Å². The highest BCUT2D eigenvalue weighted by molar-refractivity contribution is 5.95. The fourth-order valence-corrected chi connectivity index (χ4v) is 2.01. The zero-order chi connectivity index (χ0) is 14.0. The smallest absolute Gasteiger partial charge is 0.341 e. The second-order valence-electron chi connectivity index (χ2n) is 4.76. The molecule has 0 aliphatic heterocycles. The number of hydrogen-bond donors (Lipinski definition) is 1. The van der Waals surface area contributed by atoms with Gasteiger partial charge in [0.2, 0.25) is 0 Å². The molecule has 0 aliphatic carbocycles. The fourth-order valence-electron chi connectivity index (χ4n) is 2.01. The van der Waals surface area contributed by atoms with Crippen LogP contribution in [0.2, 0.25) is 0 Å². The Kier molecular flexibility index (Phi) is 3.69. The third-order valence-corrected chi connectivity index (χ3v) is 3.15. The summed E-state index contributed by atoms with van der Waals surface area (Å²) in [7, 11) is 0. The Hall–Kier alpha value is -2.10. The van der Waals surface area contributed by atoms with Crippen molar-refractivity contribution in [3.63, 3.8) is 0 Å². The van der Waals surface area contributed by atoms with E-state index in [2.05, 4.69) is 19.0 Å². The molecule has 0 amide bonds. The van der Waals surface area contributed by atoms with Gasteiger partial charge in [-0.15, -0.1) is 0 Å². The van der Waals surface area contributed by atoms with E-state index in [1.807, 2.05) is 31.2 Å². The molecule has 0 saturated carbocycles. The number of rotatable bonds is 4. The van der Waals surface area contributed by atoms with E-state index in [0.717, 1.165) is 5.56 Å². The Labute approximate surface area is 112 Å². The average molecular weight is 259 g/mol. The number of carboxylic acid groups (broad SMARTS) is 1. The lowest BCUT2D eigenvalue weighted by atomic mass is 9.99. The van der Waals surface area contributed by atoms with Gasteiger partial charge in [0.25, 0.3) is 0 Å². The van der Waals surface area contributed by atoms with E-state index < -0.39 is 5.97 Å². The molecule has 100 valence electrons. The molecule has 0 unspecified atom stereocenters. The van der Waals surface area contributed by atoms with E-state index in [-0.39, 0.29) is 5.56 Å². The highest BCUT2D eigenvalue weighted by atomic mass is 16.5. The average Bonchev–Trinajstić information content (AvgIpc) is 2.82. The molecule has 4 heteroatoms. The second kappa shape index (κ2) is 5.26. The minimum absolute atomic E-state index is 0.166. The molecule has 0 atom stereocenters. The van der Waals surface area contributed by atoms with Crippen LogP contribution in [-0.4, -0.2) is 16.2 Å². The lowest BCUT2D eigenvalue weighted by Crippen LogP contribution is -2.01. The minimum atomic E-state index is -0.999. The predicted molar refractivity (Wildman–Crippen MR) is 72.4 cm³/mol. The molecule has 0 aliphatic rings. The third kappa shape index (κ3) is 2.52. The van der Waals surface area contributed by atoms with Crippen LogP contribution < -0.4 is 0 Å². The van der Waals surface area contributed by atoms with Crippen molar-refractivity contribution in [2.24, 2.45) is 0 Å². The Morgan fingerprint density at radius 2 is 1.95 bits per heavy atom. The number of aromatic nitrogens is 1. The quantitative estimate of drug-likeness (QED) is 0.908. The van der Waals surface area contributed by atoms with Crippen LogP contribution in [0.4, 0.5) is 0 Å². The van der Waals surface area contributed by atoms with Gasteiger partial charge in [0, 0.05) is 12.0 Å². The zero-order valence-corrected chi connectivity index (χ0v) is 11.3. The molecule has 0 fully saturated rings. The van der Waals surface area contributed by atoms with E-state index in [1.54, 1.807) is 0 Å². The minimum Gasteiger partial charge on any atom is -0.477 e. The van der Waals surface area contributed by atoms with Crippen molar-refractivity contribution >= 4 is 5.97 Å². The first kappa shape index (κ1) is 13.3. The van der Waals surface area contributed by atoms with Gasteiger partial charge in [-0.25, -0.2) is 4.79 Å².